The zero-order valence-corrected chi connectivity index (χ0v) is 20.2. The van der Waals surface area contributed by atoms with Crippen molar-refractivity contribution in [1.82, 2.24) is 25.1 Å². The molecule has 0 bridgehead atoms. The second-order valence-corrected chi connectivity index (χ2v) is 8.67. The number of hydrogen-bond acceptors (Lipinski definition) is 9. The van der Waals surface area contributed by atoms with E-state index >= 15 is 0 Å². The van der Waals surface area contributed by atoms with Crippen LogP contribution in [0, 0.1) is 0 Å². The van der Waals surface area contributed by atoms with E-state index in [1.807, 2.05) is 0 Å². The van der Waals surface area contributed by atoms with Crippen molar-refractivity contribution < 1.29 is 19.4 Å². The van der Waals surface area contributed by atoms with Gasteiger partial charge >= 0.3 is 12.1 Å². The van der Waals surface area contributed by atoms with Gasteiger partial charge in [-0.1, -0.05) is 25.5 Å². The number of aliphatic hydroxyl groups is 1. The standard InChI is InChI=1S/C24H33N7O4/c1-3-5-17(9-11-32)28-22-21-19(29-24(30-22)35-23(25)33)13-27-31(21)14-16-8-7-15(12-20(16)34-2)18-6-4-10-26-18/h7-8,12-13,17-18,26,32H,3-6,9-11,14H2,1-2H3,(H2,25,33)(H,28,29,30). The van der Waals surface area contributed by atoms with Crippen LogP contribution < -0.4 is 25.8 Å². The van der Waals surface area contributed by atoms with Crippen molar-refractivity contribution >= 4 is 22.9 Å². The van der Waals surface area contributed by atoms with Gasteiger partial charge < -0.3 is 30.9 Å². The SMILES string of the molecule is CCCC(CCO)Nc1nc(OC(N)=O)nc2cnn(Cc3ccc(C4CCCN4)cc3OC)c12. The first kappa shape index (κ1) is 24.7. The van der Waals surface area contributed by atoms with E-state index < -0.39 is 6.09 Å². The molecule has 1 aromatic carbocycles. The van der Waals surface area contributed by atoms with Crippen molar-refractivity contribution in [3.8, 4) is 11.8 Å². The number of methoxy groups -OCH3 is 1. The fraction of sp³-hybridized carbons (Fsp3) is 0.500. The molecule has 2 aromatic heterocycles. The Kier molecular flexibility index (Phi) is 7.98. The van der Waals surface area contributed by atoms with Crippen molar-refractivity contribution in [2.75, 3.05) is 25.6 Å². The zero-order valence-electron chi connectivity index (χ0n) is 20.2. The van der Waals surface area contributed by atoms with Crippen molar-refractivity contribution in [3.05, 3.63) is 35.5 Å². The normalized spacial score (nSPS) is 16.4. The van der Waals surface area contributed by atoms with Crippen LogP contribution in [0.1, 0.15) is 56.2 Å². The number of nitrogens with zero attached hydrogens (tertiary/aromatic N) is 4. The van der Waals surface area contributed by atoms with Gasteiger partial charge in [0.15, 0.2) is 5.82 Å². The molecule has 188 valence electrons. The van der Waals surface area contributed by atoms with E-state index in [4.69, 9.17) is 15.2 Å². The topological polar surface area (TPSA) is 149 Å². The number of benzene rings is 1. The van der Waals surface area contributed by atoms with Crippen LogP contribution in [0.25, 0.3) is 11.0 Å². The molecule has 1 aliphatic heterocycles. The second kappa shape index (κ2) is 11.3. The lowest BCUT2D eigenvalue weighted by Gasteiger charge is -2.19. The highest BCUT2D eigenvalue weighted by atomic mass is 16.6. The minimum absolute atomic E-state index is 0.0272. The number of amides is 1. The molecule has 0 spiro atoms. The van der Waals surface area contributed by atoms with E-state index in [0.29, 0.717) is 35.9 Å². The quantitative estimate of drug-likeness (QED) is 0.323. The van der Waals surface area contributed by atoms with E-state index in [2.05, 4.69) is 50.8 Å². The number of carbonyl (C=O) groups excluding carboxylic acids is 1. The highest BCUT2D eigenvalue weighted by molar-refractivity contribution is 5.86. The highest BCUT2D eigenvalue weighted by Crippen LogP contribution is 2.31. The van der Waals surface area contributed by atoms with Gasteiger partial charge in [-0.2, -0.15) is 15.1 Å². The van der Waals surface area contributed by atoms with Crippen molar-refractivity contribution in [2.24, 2.45) is 5.73 Å². The fourth-order valence-electron chi connectivity index (χ4n) is 4.56. The van der Waals surface area contributed by atoms with E-state index in [1.165, 1.54) is 12.0 Å². The van der Waals surface area contributed by atoms with Gasteiger partial charge in [-0.3, -0.25) is 4.68 Å². The number of hydrogen-bond donors (Lipinski definition) is 4. The Hall–Kier alpha value is -3.44. The van der Waals surface area contributed by atoms with Crippen LogP contribution in [-0.2, 0) is 6.54 Å². The summed E-state index contributed by atoms with van der Waals surface area (Å²) in [5.41, 5.74) is 8.51. The monoisotopic (exact) mass is 483 g/mol. The van der Waals surface area contributed by atoms with Crippen LogP contribution in [0.2, 0.25) is 0 Å². The Morgan fingerprint density at radius 2 is 2.23 bits per heavy atom. The van der Waals surface area contributed by atoms with Crippen LogP contribution in [0.5, 0.6) is 11.8 Å². The van der Waals surface area contributed by atoms with Gasteiger partial charge in [0.05, 0.1) is 19.9 Å². The average Bonchev–Trinajstić information content (AvgIpc) is 3.50. The molecule has 11 heteroatoms. The maximum absolute atomic E-state index is 11.3. The second-order valence-electron chi connectivity index (χ2n) is 8.67. The Labute approximate surface area is 204 Å². The van der Waals surface area contributed by atoms with Gasteiger partial charge in [-0.05, 0) is 43.9 Å². The first-order valence-electron chi connectivity index (χ1n) is 12.0. The first-order chi connectivity index (χ1) is 17.0. The van der Waals surface area contributed by atoms with E-state index in [-0.39, 0.29) is 18.7 Å². The van der Waals surface area contributed by atoms with Crippen LogP contribution in [-0.4, -0.2) is 57.3 Å². The maximum atomic E-state index is 11.3. The number of aliphatic hydroxyl groups excluding tert-OH is 1. The summed E-state index contributed by atoms with van der Waals surface area (Å²) in [4.78, 5) is 20.0. The lowest BCUT2D eigenvalue weighted by molar-refractivity contribution is 0.207. The third-order valence-electron chi connectivity index (χ3n) is 6.21. The minimum atomic E-state index is -0.996. The van der Waals surface area contributed by atoms with Crippen molar-refractivity contribution in [3.63, 3.8) is 0 Å². The van der Waals surface area contributed by atoms with Crippen molar-refractivity contribution in [2.45, 2.75) is 57.7 Å². The fourth-order valence-corrected chi connectivity index (χ4v) is 4.56. The average molecular weight is 484 g/mol. The lowest BCUT2D eigenvalue weighted by atomic mass is 10.0. The molecule has 4 rings (SSSR count). The summed E-state index contributed by atoms with van der Waals surface area (Å²) in [5.74, 6) is 1.24. The van der Waals surface area contributed by atoms with Crippen LogP contribution >= 0.6 is 0 Å². The summed E-state index contributed by atoms with van der Waals surface area (Å²) in [6, 6.07) is 6.43. The molecule has 1 amide bonds. The van der Waals surface area contributed by atoms with Gasteiger partial charge in [0.2, 0.25) is 0 Å². The first-order valence-corrected chi connectivity index (χ1v) is 12.0. The van der Waals surface area contributed by atoms with Gasteiger partial charge in [0.1, 0.15) is 16.8 Å². The number of nitrogens with two attached hydrogens (primary N) is 1. The predicted octanol–water partition coefficient (Wildman–Crippen LogP) is 2.73. The summed E-state index contributed by atoms with van der Waals surface area (Å²) < 4.78 is 12.5. The number of anilines is 1. The summed E-state index contributed by atoms with van der Waals surface area (Å²) in [6.07, 6.45) is 5.18. The van der Waals surface area contributed by atoms with Crippen LogP contribution in [0.3, 0.4) is 0 Å². The molecule has 2 unspecified atom stereocenters. The molecule has 3 aromatic rings. The van der Waals surface area contributed by atoms with E-state index in [1.54, 1.807) is 18.0 Å². The Morgan fingerprint density at radius 3 is 2.91 bits per heavy atom. The molecule has 35 heavy (non-hydrogen) atoms. The third kappa shape index (κ3) is 5.80. The summed E-state index contributed by atoms with van der Waals surface area (Å²) >= 11 is 0. The number of nitrogens with one attached hydrogen (secondary N) is 2. The Balaban J connectivity index is 1.70. The van der Waals surface area contributed by atoms with E-state index in [9.17, 15) is 9.90 Å². The third-order valence-corrected chi connectivity index (χ3v) is 6.21. The summed E-state index contributed by atoms with van der Waals surface area (Å²) in [7, 11) is 1.67. The molecule has 1 aliphatic rings. The number of carbonyl (C=O) groups is 1. The lowest BCUT2D eigenvalue weighted by Crippen LogP contribution is -2.23. The smallest absolute Gasteiger partial charge is 0.412 e. The Morgan fingerprint density at radius 1 is 1.37 bits per heavy atom. The maximum Gasteiger partial charge on any atom is 0.412 e. The number of primary amides is 1. The molecule has 2 atom stereocenters. The van der Waals surface area contributed by atoms with Crippen LogP contribution in [0.15, 0.2) is 24.4 Å². The Bertz CT molecular complexity index is 1150. The molecule has 1 saturated heterocycles. The predicted molar refractivity (Wildman–Crippen MR) is 132 cm³/mol. The number of aromatic nitrogens is 4. The number of fused-ring (bicyclic) bond motifs is 1. The molecule has 0 aliphatic carbocycles. The van der Waals surface area contributed by atoms with Gasteiger partial charge in [-0.25, -0.2) is 4.79 Å². The molecule has 11 nitrogen and oxygen atoms in total. The van der Waals surface area contributed by atoms with Gasteiger partial charge in [0, 0.05) is 24.3 Å². The molecule has 3 heterocycles. The van der Waals surface area contributed by atoms with E-state index in [0.717, 1.165) is 37.1 Å². The minimum Gasteiger partial charge on any atom is -0.496 e. The largest absolute Gasteiger partial charge is 0.496 e. The molecular weight excluding hydrogens is 450 g/mol. The molecule has 5 N–H and O–H groups in total. The van der Waals surface area contributed by atoms with Gasteiger partial charge in [-0.15, -0.1) is 0 Å². The molecular formula is C24H33N7O4. The molecule has 0 saturated carbocycles. The zero-order chi connectivity index (χ0) is 24.8. The number of ether oxygens (including phenoxy) is 2. The molecule has 0 radical (unpaired) electrons. The van der Waals surface area contributed by atoms with Crippen LogP contribution in [0.4, 0.5) is 10.6 Å². The molecule has 1 fully saturated rings. The number of rotatable bonds is 11. The summed E-state index contributed by atoms with van der Waals surface area (Å²) in [6.45, 7) is 3.57. The highest BCUT2D eigenvalue weighted by Gasteiger charge is 2.21. The van der Waals surface area contributed by atoms with Crippen molar-refractivity contribution in [1.29, 1.82) is 0 Å². The van der Waals surface area contributed by atoms with Gasteiger partial charge in [0.25, 0.3) is 0 Å². The summed E-state index contributed by atoms with van der Waals surface area (Å²) in [5, 5.41) is 20.9.